The van der Waals surface area contributed by atoms with Gasteiger partial charge in [-0.05, 0) is 25.0 Å². The largest absolute Gasteiger partial charge is 0.480 e. The number of aromatic nitrogens is 2. The summed E-state index contributed by atoms with van der Waals surface area (Å²) in [5.74, 6) is -1.86. The van der Waals surface area contributed by atoms with Crippen LogP contribution in [0.4, 0.5) is 0 Å². The molecule has 9 heteroatoms. The summed E-state index contributed by atoms with van der Waals surface area (Å²) in [5, 5.41) is 12.3. The van der Waals surface area contributed by atoms with Gasteiger partial charge in [-0.3, -0.25) is 19.1 Å². The van der Waals surface area contributed by atoms with Crippen molar-refractivity contribution in [2.24, 2.45) is 5.92 Å². The van der Waals surface area contributed by atoms with E-state index in [-0.39, 0.29) is 18.9 Å². The summed E-state index contributed by atoms with van der Waals surface area (Å²) < 4.78 is 6.61. The van der Waals surface area contributed by atoms with Crippen LogP contribution in [0.2, 0.25) is 0 Å². The molecular formula is C18H21N3O6. The van der Waals surface area contributed by atoms with Crippen molar-refractivity contribution in [3.05, 3.63) is 45.1 Å². The fourth-order valence-electron chi connectivity index (χ4n) is 3.33. The molecule has 1 aliphatic heterocycles. The number of aryl methyl sites for hydroxylation is 1. The second-order valence-corrected chi connectivity index (χ2v) is 6.54. The Kier molecular flexibility index (Phi) is 5.70. The molecule has 9 nitrogen and oxygen atoms in total. The van der Waals surface area contributed by atoms with Crippen LogP contribution >= 0.6 is 0 Å². The van der Waals surface area contributed by atoms with Gasteiger partial charge < -0.3 is 15.2 Å². The smallest absolute Gasteiger partial charge is 0.328 e. The first kappa shape index (κ1) is 18.8. The number of fused-ring (bicyclic) bond motifs is 1. The van der Waals surface area contributed by atoms with Gasteiger partial charge >= 0.3 is 11.7 Å². The van der Waals surface area contributed by atoms with Gasteiger partial charge in [0.2, 0.25) is 5.91 Å². The SMILES string of the molecule is O=C(CCn1c(=O)[nH]c(=O)c2ccccc21)NC(C(=O)O)C1CCCOC1. The summed E-state index contributed by atoms with van der Waals surface area (Å²) in [6, 6.07) is 5.57. The lowest BCUT2D eigenvalue weighted by molar-refractivity contribution is -0.145. The second-order valence-electron chi connectivity index (χ2n) is 6.54. The number of H-pyrrole nitrogens is 1. The first-order valence-electron chi connectivity index (χ1n) is 8.79. The highest BCUT2D eigenvalue weighted by molar-refractivity contribution is 5.84. The normalized spacial score (nSPS) is 18.1. The van der Waals surface area contributed by atoms with Crippen LogP contribution in [-0.4, -0.2) is 45.8 Å². The third-order valence-electron chi connectivity index (χ3n) is 4.72. The van der Waals surface area contributed by atoms with Crippen molar-refractivity contribution in [1.29, 1.82) is 0 Å². The van der Waals surface area contributed by atoms with E-state index in [1.54, 1.807) is 24.3 Å². The Morgan fingerprint density at radius 3 is 2.81 bits per heavy atom. The molecule has 1 saturated heterocycles. The molecule has 2 aromatic rings. The molecule has 0 aliphatic carbocycles. The van der Waals surface area contributed by atoms with E-state index in [0.29, 0.717) is 30.5 Å². The van der Waals surface area contributed by atoms with E-state index in [0.717, 1.165) is 6.42 Å². The lowest BCUT2D eigenvalue weighted by Gasteiger charge is -2.28. The highest BCUT2D eigenvalue weighted by atomic mass is 16.5. The van der Waals surface area contributed by atoms with Crippen LogP contribution in [0.25, 0.3) is 10.9 Å². The number of hydrogen-bond donors (Lipinski definition) is 3. The van der Waals surface area contributed by atoms with Gasteiger partial charge in [0.25, 0.3) is 5.56 Å². The number of hydrogen-bond acceptors (Lipinski definition) is 5. The molecule has 27 heavy (non-hydrogen) atoms. The number of aromatic amines is 1. The molecule has 2 unspecified atom stereocenters. The number of carbonyl (C=O) groups is 2. The summed E-state index contributed by atoms with van der Waals surface area (Å²) in [6.07, 6.45) is 1.33. The Hall–Kier alpha value is -2.94. The van der Waals surface area contributed by atoms with Crippen molar-refractivity contribution in [2.45, 2.75) is 31.8 Å². The molecular weight excluding hydrogens is 354 g/mol. The van der Waals surface area contributed by atoms with Crippen LogP contribution in [0, 0.1) is 5.92 Å². The average Bonchev–Trinajstić information content (AvgIpc) is 2.66. The lowest BCUT2D eigenvalue weighted by atomic mass is 9.93. The highest BCUT2D eigenvalue weighted by Crippen LogP contribution is 2.18. The van der Waals surface area contributed by atoms with Crippen LogP contribution < -0.4 is 16.6 Å². The number of carboxylic acid groups (broad SMARTS) is 1. The molecule has 0 radical (unpaired) electrons. The molecule has 1 amide bonds. The van der Waals surface area contributed by atoms with Crippen LogP contribution in [0.15, 0.2) is 33.9 Å². The number of carboxylic acids is 1. The Morgan fingerprint density at radius 2 is 2.11 bits per heavy atom. The minimum atomic E-state index is -1.11. The molecule has 0 spiro atoms. The van der Waals surface area contributed by atoms with E-state index in [1.165, 1.54) is 4.57 Å². The first-order chi connectivity index (χ1) is 13.0. The van der Waals surface area contributed by atoms with Gasteiger partial charge in [-0.15, -0.1) is 0 Å². The Labute approximate surface area is 154 Å². The van der Waals surface area contributed by atoms with Gasteiger partial charge in [-0.1, -0.05) is 12.1 Å². The predicted molar refractivity (Wildman–Crippen MR) is 96.6 cm³/mol. The van der Waals surface area contributed by atoms with E-state index in [2.05, 4.69) is 10.3 Å². The third-order valence-corrected chi connectivity index (χ3v) is 4.72. The van der Waals surface area contributed by atoms with Gasteiger partial charge in [0.05, 0.1) is 17.5 Å². The first-order valence-corrected chi connectivity index (χ1v) is 8.79. The number of benzene rings is 1. The summed E-state index contributed by atoms with van der Waals surface area (Å²) in [5.41, 5.74) is -0.670. The molecule has 144 valence electrons. The van der Waals surface area contributed by atoms with Crippen LogP contribution in [0.3, 0.4) is 0 Å². The van der Waals surface area contributed by atoms with E-state index >= 15 is 0 Å². The van der Waals surface area contributed by atoms with E-state index in [9.17, 15) is 24.3 Å². The number of ether oxygens (including phenoxy) is 1. The number of rotatable bonds is 6. The maximum atomic E-state index is 12.3. The molecule has 3 N–H and O–H groups in total. The maximum absolute atomic E-state index is 12.3. The van der Waals surface area contributed by atoms with E-state index in [1.807, 2.05) is 0 Å². The monoisotopic (exact) mass is 375 g/mol. The second kappa shape index (κ2) is 8.17. The molecule has 1 fully saturated rings. The predicted octanol–water partition coefficient (Wildman–Crippen LogP) is 0.0759. The topological polar surface area (TPSA) is 130 Å². The van der Waals surface area contributed by atoms with E-state index in [4.69, 9.17) is 4.74 Å². The quantitative estimate of drug-likeness (QED) is 0.655. The minimum Gasteiger partial charge on any atom is -0.480 e. The van der Waals surface area contributed by atoms with Crippen molar-refractivity contribution in [3.8, 4) is 0 Å². The number of aliphatic carboxylic acids is 1. The van der Waals surface area contributed by atoms with Gasteiger partial charge in [-0.2, -0.15) is 0 Å². The Bertz CT molecular complexity index is 957. The Morgan fingerprint density at radius 1 is 1.33 bits per heavy atom. The molecule has 1 aromatic heterocycles. The number of carbonyl (C=O) groups excluding carboxylic acids is 1. The molecule has 2 heterocycles. The zero-order valence-corrected chi connectivity index (χ0v) is 14.6. The summed E-state index contributed by atoms with van der Waals surface area (Å²) in [4.78, 5) is 50.0. The molecule has 0 bridgehead atoms. The number of nitrogens with zero attached hydrogens (tertiary/aromatic N) is 1. The molecule has 1 aliphatic rings. The third kappa shape index (κ3) is 4.25. The minimum absolute atomic E-state index is 0.0233. The van der Waals surface area contributed by atoms with Gasteiger partial charge in [-0.25, -0.2) is 9.59 Å². The zero-order chi connectivity index (χ0) is 19.4. The lowest BCUT2D eigenvalue weighted by Crippen LogP contribution is -2.48. The fourth-order valence-corrected chi connectivity index (χ4v) is 3.33. The Balaban J connectivity index is 1.72. The molecule has 3 rings (SSSR count). The maximum Gasteiger partial charge on any atom is 0.328 e. The van der Waals surface area contributed by atoms with Gasteiger partial charge in [0.1, 0.15) is 6.04 Å². The molecule has 0 saturated carbocycles. The molecule has 1 aromatic carbocycles. The van der Waals surface area contributed by atoms with Gasteiger partial charge in [0, 0.05) is 25.5 Å². The van der Waals surface area contributed by atoms with Crippen molar-refractivity contribution in [1.82, 2.24) is 14.9 Å². The van der Waals surface area contributed by atoms with Crippen molar-refractivity contribution >= 4 is 22.8 Å². The number of amides is 1. The van der Waals surface area contributed by atoms with Crippen molar-refractivity contribution in [2.75, 3.05) is 13.2 Å². The van der Waals surface area contributed by atoms with Crippen molar-refractivity contribution < 1.29 is 19.4 Å². The number of nitrogens with one attached hydrogen (secondary N) is 2. The van der Waals surface area contributed by atoms with Crippen LogP contribution in [0.5, 0.6) is 0 Å². The van der Waals surface area contributed by atoms with Crippen LogP contribution in [0.1, 0.15) is 19.3 Å². The summed E-state index contributed by atoms with van der Waals surface area (Å²) in [6.45, 7) is 0.912. The highest BCUT2D eigenvalue weighted by Gasteiger charge is 2.31. The summed E-state index contributed by atoms with van der Waals surface area (Å²) in [7, 11) is 0. The van der Waals surface area contributed by atoms with Crippen LogP contribution in [-0.2, 0) is 20.9 Å². The standard InChI is InChI=1S/C18H21N3O6/c22-14(19-15(17(24)25)11-4-3-9-27-10-11)7-8-21-13-6-2-1-5-12(13)16(23)20-18(21)26/h1-2,5-6,11,15H,3-4,7-10H2,(H,19,22)(H,24,25)(H,20,23,26). The van der Waals surface area contributed by atoms with Gasteiger partial charge in [0.15, 0.2) is 0 Å². The molecule has 2 atom stereocenters. The number of para-hydroxylation sites is 1. The zero-order valence-electron chi connectivity index (χ0n) is 14.6. The average molecular weight is 375 g/mol. The summed E-state index contributed by atoms with van der Waals surface area (Å²) >= 11 is 0. The fraction of sp³-hybridized carbons (Fsp3) is 0.444. The van der Waals surface area contributed by atoms with E-state index < -0.39 is 29.2 Å². The van der Waals surface area contributed by atoms with Crippen molar-refractivity contribution in [3.63, 3.8) is 0 Å².